The molecule has 1 aliphatic heterocycles. The second kappa shape index (κ2) is 4.56. The SMILES string of the molecule is O=C(O)CC[C@@H](C(=O)O)N1C(=O)C=CC1=O. The van der Waals surface area contributed by atoms with Crippen LogP contribution >= 0.6 is 0 Å². The fourth-order valence-corrected chi connectivity index (χ4v) is 1.34. The zero-order valence-corrected chi connectivity index (χ0v) is 8.12. The smallest absolute Gasteiger partial charge is 0.326 e. The zero-order valence-electron chi connectivity index (χ0n) is 8.12. The molecule has 16 heavy (non-hydrogen) atoms. The van der Waals surface area contributed by atoms with E-state index in [0.29, 0.717) is 4.90 Å². The van der Waals surface area contributed by atoms with E-state index in [9.17, 15) is 19.2 Å². The quantitative estimate of drug-likeness (QED) is 0.596. The van der Waals surface area contributed by atoms with E-state index >= 15 is 0 Å². The molecule has 1 atom stereocenters. The summed E-state index contributed by atoms with van der Waals surface area (Å²) in [6.45, 7) is 0. The standard InChI is InChI=1S/C9H9NO6/c11-6-2-3-7(12)10(6)5(9(15)16)1-4-8(13)14/h2-3,5H,1,4H2,(H,13,14)(H,15,16)/t5-/m0/s1. The van der Waals surface area contributed by atoms with Crippen LogP contribution in [0.4, 0.5) is 0 Å². The van der Waals surface area contributed by atoms with Crippen molar-refractivity contribution in [2.45, 2.75) is 18.9 Å². The van der Waals surface area contributed by atoms with Gasteiger partial charge in [-0.2, -0.15) is 0 Å². The molecule has 0 saturated carbocycles. The predicted octanol–water partition coefficient (Wildman–Crippen LogP) is -0.771. The van der Waals surface area contributed by atoms with Gasteiger partial charge in [0, 0.05) is 18.6 Å². The van der Waals surface area contributed by atoms with Crippen molar-refractivity contribution in [3.63, 3.8) is 0 Å². The van der Waals surface area contributed by atoms with Gasteiger partial charge in [-0.15, -0.1) is 0 Å². The number of aliphatic carboxylic acids is 2. The number of rotatable bonds is 5. The number of hydrogen-bond donors (Lipinski definition) is 2. The van der Waals surface area contributed by atoms with E-state index in [1.54, 1.807) is 0 Å². The topological polar surface area (TPSA) is 112 Å². The third-order valence-corrected chi connectivity index (χ3v) is 2.07. The van der Waals surface area contributed by atoms with Crippen LogP contribution in [-0.2, 0) is 19.2 Å². The van der Waals surface area contributed by atoms with Gasteiger partial charge in [0.25, 0.3) is 11.8 Å². The average molecular weight is 227 g/mol. The van der Waals surface area contributed by atoms with E-state index in [2.05, 4.69) is 0 Å². The zero-order chi connectivity index (χ0) is 12.3. The molecule has 0 aromatic heterocycles. The number of carboxylic acids is 2. The Morgan fingerprint density at radius 3 is 2.06 bits per heavy atom. The lowest BCUT2D eigenvalue weighted by Gasteiger charge is -2.21. The van der Waals surface area contributed by atoms with Gasteiger partial charge in [-0.05, 0) is 6.42 Å². The lowest BCUT2D eigenvalue weighted by atomic mass is 10.1. The van der Waals surface area contributed by atoms with E-state index < -0.39 is 36.2 Å². The van der Waals surface area contributed by atoms with Crippen LogP contribution in [0.5, 0.6) is 0 Å². The molecule has 0 aliphatic carbocycles. The molecular weight excluding hydrogens is 218 g/mol. The van der Waals surface area contributed by atoms with Crippen LogP contribution in [0.1, 0.15) is 12.8 Å². The van der Waals surface area contributed by atoms with Crippen LogP contribution in [0.2, 0.25) is 0 Å². The van der Waals surface area contributed by atoms with Crippen molar-refractivity contribution in [1.29, 1.82) is 0 Å². The molecule has 0 fully saturated rings. The third kappa shape index (κ3) is 2.44. The Hall–Kier alpha value is -2.18. The molecule has 86 valence electrons. The summed E-state index contributed by atoms with van der Waals surface area (Å²) in [7, 11) is 0. The fraction of sp³-hybridized carbons (Fsp3) is 0.333. The van der Waals surface area contributed by atoms with E-state index in [0.717, 1.165) is 12.2 Å². The van der Waals surface area contributed by atoms with Crippen molar-refractivity contribution in [1.82, 2.24) is 4.90 Å². The van der Waals surface area contributed by atoms with E-state index in [1.165, 1.54) is 0 Å². The summed E-state index contributed by atoms with van der Waals surface area (Å²) in [5, 5.41) is 17.2. The first-order valence-electron chi connectivity index (χ1n) is 4.43. The van der Waals surface area contributed by atoms with E-state index in [1.807, 2.05) is 0 Å². The molecule has 0 aromatic carbocycles. The van der Waals surface area contributed by atoms with Crippen molar-refractivity contribution in [3.05, 3.63) is 12.2 Å². The van der Waals surface area contributed by atoms with Gasteiger partial charge < -0.3 is 10.2 Å². The minimum Gasteiger partial charge on any atom is -0.481 e. The second-order valence-corrected chi connectivity index (χ2v) is 3.17. The van der Waals surface area contributed by atoms with Crippen molar-refractivity contribution < 1.29 is 29.4 Å². The monoisotopic (exact) mass is 227 g/mol. The first kappa shape index (κ1) is 11.9. The van der Waals surface area contributed by atoms with Crippen LogP contribution in [-0.4, -0.2) is 44.9 Å². The number of carbonyl (C=O) groups excluding carboxylic acids is 2. The molecule has 7 heteroatoms. The third-order valence-electron chi connectivity index (χ3n) is 2.07. The maximum atomic E-state index is 11.2. The Kier molecular flexibility index (Phi) is 3.39. The van der Waals surface area contributed by atoms with Crippen molar-refractivity contribution >= 4 is 23.8 Å². The van der Waals surface area contributed by atoms with Gasteiger partial charge in [0.15, 0.2) is 0 Å². The van der Waals surface area contributed by atoms with E-state index in [4.69, 9.17) is 10.2 Å². The van der Waals surface area contributed by atoms with Crippen molar-refractivity contribution in [3.8, 4) is 0 Å². The lowest BCUT2D eigenvalue weighted by Crippen LogP contribution is -2.45. The molecule has 0 spiro atoms. The largest absolute Gasteiger partial charge is 0.481 e. The molecular formula is C9H9NO6. The van der Waals surface area contributed by atoms with Crippen molar-refractivity contribution in [2.24, 2.45) is 0 Å². The molecule has 0 aromatic rings. The highest BCUT2D eigenvalue weighted by Gasteiger charge is 2.35. The Bertz CT molecular complexity index is 367. The number of imide groups is 1. The van der Waals surface area contributed by atoms with Gasteiger partial charge >= 0.3 is 11.9 Å². The van der Waals surface area contributed by atoms with Gasteiger partial charge in [0.05, 0.1) is 0 Å². The summed E-state index contributed by atoms with van der Waals surface area (Å²) in [6, 6.07) is -1.42. The molecule has 0 saturated heterocycles. The van der Waals surface area contributed by atoms with Crippen LogP contribution in [0.25, 0.3) is 0 Å². The highest BCUT2D eigenvalue weighted by molar-refractivity contribution is 6.14. The molecule has 0 radical (unpaired) electrons. The van der Waals surface area contributed by atoms with Gasteiger partial charge in [-0.3, -0.25) is 19.3 Å². The average Bonchev–Trinajstić information content (AvgIpc) is 2.48. The number of amides is 2. The van der Waals surface area contributed by atoms with E-state index in [-0.39, 0.29) is 6.42 Å². The summed E-state index contributed by atoms with van der Waals surface area (Å²) >= 11 is 0. The normalized spacial score (nSPS) is 16.6. The molecule has 1 aliphatic rings. The highest BCUT2D eigenvalue weighted by atomic mass is 16.4. The molecule has 1 rings (SSSR count). The van der Waals surface area contributed by atoms with Crippen molar-refractivity contribution in [2.75, 3.05) is 0 Å². The summed E-state index contributed by atoms with van der Waals surface area (Å²) in [6.07, 6.45) is 1.19. The lowest BCUT2D eigenvalue weighted by molar-refractivity contribution is -0.154. The van der Waals surface area contributed by atoms with Gasteiger partial charge in [0.1, 0.15) is 6.04 Å². The summed E-state index contributed by atoms with van der Waals surface area (Å²) < 4.78 is 0. The Balaban J connectivity index is 2.78. The highest BCUT2D eigenvalue weighted by Crippen LogP contribution is 2.14. The van der Waals surface area contributed by atoms with Crippen LogP contribution < -0.4 is 0 Å². The number of nitrogens with zero attached hydrogens (tertiary/aromatic N) is 1. The molecule has 0 unspecified atom stereocenters. The molecule has 0 bridgehead atoms. The fourth-order valence-electron chi connectivity index (χ4n) is 1.34. The molecule has 2 amide bonds. The second-order valence-electron chi connectivity index (χ2n) is 3.17. The van der Waals surface area contributed by atoms with Gasteiger partial charge in [-0.25, -0.2) is 4.79 Å². The van der Waals surface area contributed by atoms with Gasteiger partial charge in [-0.1, -0.05) is 0 Å². The Morgan fingerprint density at radius 1 is 1.19 bits per heavy atom. The molecule has 7 nitrogen and oxygen atoms in total. The van der Waals surface area contributed by atoms with Crippen LogP contribution in [0.3, 0.4) is 0 Å². The summed E-state index contributed by atoms with van der Waals surface area (Å²) in [5.41, 5.74) is 0. The number of carbonyl (C=O) groups is 4. The first-order valence-corrected chi connectivity index (χ1v) is 4.43. The van der Waals surface area contributed by atoms with Crippen LogP contribution in [0.15, 0.2) is 12.2 Å². The summed E-state index contributed by atoms with van der Waals surface area (Å²) in [4.78, 5) is 44.0. The predicted molar refractivity (Wildman–Crippen MR) is 49.3 cm³/mol. The van der Waals surface area contributed by atoms with Crippen LogP contribution in [0, 0.1) is 0 Å². The Morgan fingerprint density at radius 2 is 1.69 bits per heavy atom. The minimum atomic E-state index is -1.42. The summed E-state index contributed by atoms with van der Waals surface area (Å²) in [5.74, 6) is -4.05. The van der Waals surface area contributed by atoms with Gasteiger partial charge in [0.2, 0.25) is 0 Å². The number of carboxylic acid groups (broad SMARTS) is 2. The minimum absolute atomic E-state index is 0.302. The maximum absolute atomic E-state index is 11.2. The number of hydrogen-bond acceptors (Lipinski definition) is 4. The maximum Gasteiger partial charge on any atom is 0.326 e. The molecule has 2 N–H and O–H groups in total. The Labute approximate surface area is 90.0 Å². The first-order chi connectivity index (χ1) is 7.43. The molecule has 1 heterocycles.